The van der Waals surface area contributed by atoms with Gasteiger partial charge in [-0.15, -0.1) is 21.5 Å². The topological polar surface area (TPSA) is 98.3 Å². The van der Waals surface area contributed by atoms with E-state index in [1.165, 1.54) is 23.1 Å². The number of thiazole rings is 1. The highest BCUT2D eigenvalue weighted by Crippen LogP contribution is 2.34. The van der Waals surface area contributed by atoms with E-state index in [1.54, 1.807) is 42.0 Å². The van der Waals surface area contributed by atoms with E-state index in [9.17, 15) is 4.79 Å². The van der Waals surface area contributed by atoms with Gasteiger partial charge in [0.15, 0.2) is 10.9 Å². The maximum Gasteiger partial charge on any atom is 0.270 e. The fraction of sp³-hybridized carbons (Fsp3) is 0.304. The third-order valence-electron chi connectivity index (χ3n) is 5.45. The number of hydrogen-bond donors (Lipinski definition) is 1. The Bertz CT molecular complexity index is 1320. The van der Waals surface area contributed by atoms with Crippen molar-refractivity contribution in [2.24, 2.45) is 0 Å². The lowest BCUT2D eigenvalue weighted by molar-refractivity contribution is 0.0383. The largest absolute Gasteiger partial charge is 0.461 e. The number of ether oxygens (including phenoxy) is 1. The van der Waals surface area contributed by atoms with E-state index in [-0.39, 0.29) is 5.91 Å². The molecule has 1 aliphatic heterocycles. The van der Waals surface area contributed by atoms with Crippen molar-refractivity contribution in [1.82, 2.24) is 30.0 Å². The predicted octanol–water partition coefficient (Wildman–Crippen LogP) is 4.64. The van der Waals surface area contributed by atoms with Crippen molar-refractivity contribution in [3.05, 3.63) is 62.7 Å². The number of furan rings is 1. The fourth-order valence-corrected chi connectivity index (χ4v) is 5.76. The van der Waals surface area contributed by atoms with Crippen LogP contribution in [0.3, 0.4) is 0 Å². The summed E-state index contributed by atoms with van der Waals surface area (Å²) in [5.74, 6) is 1.38. The van der Waals surface area contributed by atoms with Gasteiger partial charge in [0.1, 0.15) is 10.7 Å². The van der Waals surface area contributed by atoms with Crippen molar-refractivity contribution in [2.75, 3.05) is 39.4 Å². The highest BCUT2D eigenvalue weighted by molar-refractivity contribution is 7.98. The number of hydrogen-bond acceptors (Lipinski definition) is 9. The Morgan fingerprint density at radius 1 is 1.19 bits per heavy atom. The van der Waals surface area contributed by atoms with Gasteiger partial charge in [0.05, 0.1) is 35.9 Å². The van der Waals surface area contributed by atoms with Gasteiger partial charge in [-0.1, -0.05) is 35.0 Å². The summed E-state index contributed by atoms with van der Waals surface area (Å²) >= 11 is 15.6. The zero-order chi connectivity index (χ0) is 24.9. The molecule has 3 aromatic heterocycles. The Kier molecular flexibility index (Phi) is 8.25. The third kappa shape index (κ3) is 5.93. The first-order chi connectivity index (χ1) is 17.6. The second-order valence-electron chi connectivity index (χ2n) is 7.84. The SMILES string of the molecule is O=C(NCCN1CCOCC1)c1csc(CSc2nnc(-c3ccco3)n2-c2cc(Cl)ccc2Cl)n1. The normalized spacial score (nSPS) is 14.3. The lowest BCUT2D eigenvalue weighted by Gasteiger charge is -2.26. The minimum absolute atomic E-state index is 0.176. The van der Waals surface area contributed by atoms with Crippen molar-refractivity contribution in [3.63, 3.8) is 0 Å². The quantitative estimate of drug-likeness (QED) is 0.293. The van der Waals surface area contributed by atoms with Crippen LogP contribution in [0, 0.1) is 0 Å². The van der Waals surface area contributed by atoms with Gasteiger partial charge in [0.25, 0.3) is 5.91 Å². The molecule has 1 N–H and O–H groups in total. The maximum atomic E-state index is 12.5. The van der Waals surface area contributed by atoms with Crippen LogP contribution in [0.2, 0.25) is 10.0 Å². The van der Waals surface area contributed by atoms with Crippen LogP contribution in [-0.2, 0) is 10.5 Å². The molecule has 5 rings (SSSR count). The molecular weight excluding hydrogens is 543 g/mol. The molecule has 0 atom stereocenters. The summed E-state index contributed by atoms with van der Waals surface area (Å²) in [5, 5.41) is 15.8. The molecule has 4 aromatic rings. The van der Waals surface area contributed by atoms with Crippen LogP contribution < -0.4 is 5.32 Å². The monoisotopic (exact) mass is 564 g/mol. The third-order valence-corrected chi connectivity index (χ3v) is 7.98. The predicted molar refractivity (Wildman–Crippen MR) is 140 cm³/mol. The molecule has 1 fully saturated rings. The molecule has 4 heterocycles. The van der Waals surface area contributed by atoms with Crippen molar-refractivity contribution in [3.8, 4) is 17.3 Å². The van der Waals surface area contributed by atoms with Gasteiger partial charge in [-0.2, -0.15) is 0 Å². The number of halogens is 2. The Morgan fingerprint density at radius 3 is 2.86 bits per heavy atom. The molecule has 1 saturated heterocycles. The maximum absolute atomic E-state index is 12.5. The average molecular weight is 566 g/mol. The van der Waals surface area contributed by atoms with Gasteiger partial charge in [-0.3, -0.25) is 14.3 Å². The molecule has 0 bridgehead atoms. The van der Waals surface area contributed by atoms with E-state index in [0.29, 0.717) is 50.5 Å². The summed E-state index contributed by atoms with van der Waals surface area (Å²) in [6.45, 7) is 4.62. The number of benzene rings is 1. The molecule has 1 aromatic carbocycles. The van der Waals surface area contributed by atoms with Crippen LogP contribution in [0.4, 0.5) is 0 Å². The molecule has 9 nitrogen and oxygen atoms in total. The molecule has 0 radical (unpaired) electrons. The Labute approximate surface area is 225 Å². The second-order valence-corrected chi connectivity index (χ2v) is 10.6. The summed E-state index contributed by atoms with van der Waals surface area (Å²) in [6.07, 6.45) is 1.57. The molecule has 0 aliphatic carbocycles. The van der Waals surface area contributed by atoms with Crippen LogP contribution in [0.5, 0.6) is 0 Å². The number of carbonyl (C=O) groups excluding carboxylic acids is 1. The second kappa shape index (κ2) is 11.8. The van der Waals surface area contributed by atoms with Crippen LogP contribution in [0.1, 0.15) is 15.5 Å². The summed E-state index contributed by atoms with van der Waals surface area (Å²) in [4.78, 5) is 19.3. The molecule has 0 saturated carbocycles. The van der Waals surface area contributed by atoms with Gasteiger partial charge in [0, 0.05) is 36.6 Å². The summed E-state index contributed by atoms with van der Waals surface area (Å²) < 4.78 is 12.7. The number of nitrogens with one attached hydrogen (secondary N) is 1. The van der Waals surface area contributed by atoms with Crippen molar-refractivity contribution in [2.45, 2.75) is 10.9 Å². The molecule has 13 heteroatoms. The number of aromatic nitrogens is 4. The molecule has 0 unspecified atom stereocenters. The number of rotatable bonds is 9. The van der Waals surface area contributed by atoms with Crippen LogP contribution in [0.15, 0.2) is 51.5 Å². The fourth-order valence-electron chi connectivity index (χ4n) is 3.65. The van der Waals surface area contributed by atoms with Gasteiger partial charge >= 0.3 is 0 Å². The van der Waals surface area contributed by atoms with Gasteiger partial charge in [-0.05, 0) is 30.3 Å². The van der Waals surface area contributed by atoms with Crippen molar-refractivity contribution < 1.29 is 13.9 Å². The minimum Gasteiger partial charge on any atom is -0.461 e. The van der Waals surface area contributed by atoms with E-state index in [2.05, 4.69) is 25.4 Å². The van der Waals surface area contributed by atoms with E-state index in [4.69, 9.17) is 32.4 Å². The molecular formula is C23H22Cl2N6O3S2. The first kappa shape index (κ1) is 25.2. The standard InChI is InChI=1S/C23H22Cl2N6O3S2/c24-15-3-4-16(25)18(12-15)31-21(19-2-1-9-34-19)28-29-23(31)36-14-20-27-17(13-35-20)22(32)26-5-6-30-7-10-33-11-8-30/h1-4,9,12-13H,5-8,10-11,14H2,(H,26,32). The first-order valence-corrected chi connectivity index (χ1v) is 13.8. The van der Waals surface area contributed by atoms with Gasteiger partial charge in [-0.25, -0.2) is 4.98 Å². The van der Waals surface area contributed by atoms with Crippen LogP contribution >= 0.6 is 46.3 Å². The lowest BCUT2D eigenvalue weighted by atomic mass is 10.3. The smallest absolute Gasteiger partial charge is 0.270 e. The molecule has 1 aliphatic rings. The van der Waals surface area contributed by atoms with E-state index in [0.717, 1.165) is 37.9 Å². The van der Waals surface area contributed by atoms with Crippen molar-refractivity contribution in [1.29, 1.82) is 0 Å². The Balaban J connectivity index is 1.27. The number of morpholine rings is 1. The molecule has 0 spiro atoms. The van der Waals surface area contributed by atoms with Gasteiger partial charge in [0.2, 0.25) is 5.82 Å². The summed E-state index contributed by atoms with van der Waals surface area (Å²) in [5.41, 5.74) is 1.05. The van der Waals surface area contributed by atoms with Crippen molar-refractivity contribution >= 4 is 52.2 Å². The summed E-state index contributed by atoms with van der Waals surface area (Å²) in [7, 11) is 0. The zero-order valence-corrected chi connectivity index (χ0v) is 22.2. The Morgan fingerprint density at radius 2 is 2.06 bits per heavy atom. The van der Waals surface area contributed by atoms with E-state index < -0.39 is 0 Å². The number of amides is 1. The number of nitrogens with zero attached hydrogens (tertiary/aromatic N) is 5. The lowest BCUT2D eigenvalue weighted by Crippen LogP contribution is -2.41. The van der Waals surface area contributed by atoms with Crippen LogP contribution in [-0.4, -0.2) is 69.9 Å². The van der Waals surface area contributed by atoms with E-state index in [1.807, 2.05) is 4.57 Å². The molecule has 188 valence electrons. The van der Waals surface area contributed by atoms with Crippen LogP contribution in [0.25, 0.3) is 17.3 Å². The number of carbonyl (C=O) groups is 1. The Hall–Kier alpha value is -2.41. The van der Waals surface area contributed by atoms with E-state index >= 15 is 0 Å². The highest BCUT2D eigenvalue weighted by Gasteiger charge is 2.21. The minimum atomic E-state index is -0.176. The molecule has 1 amide bonds. The summed E-state index contributed by atoms with van der Waals surface area (Å²) in [6, 6.07) is 8.79. The van der Waals surface area contributed by atoms with Gasteiger partial charge < -0.3 is 14.5 Å². The first-order valence-electron chi connectivity index (χ1n) is 11.2. The zero-order valence-electron chi connectivity index (χ0n) is 19.0. The molecule has 36 heavy (non-hydrogen) atoms. The number of thioether (sulfide) groups is 1. The highest BCUT2D eigenvalue weighted by atomic mass is 35.5. The average Bonchev–Trinajstić information content (AvgIpc) is 3.65.